The standard InChI is InChI=1S/C22H28O2.C20H26O.C20H24O.C15H14O5.C15H14O4.C15H12O4.B.Na.H/c1-7-20(19-10-8-14(2)9-11-19)22(24-18(6)23)21-13-16(4)15(3)12-17(21)5;2*1-6-18(17-9-7-13(2)8-10-17)20(21)19-12-15(4)14(3)11-16(19)5;16-9-3-1-8(2-4-9)11-7-20-14-6-13(18)12(17)5-10(14)15(11)19;2*16-12-3-1-9(2-4-12)11-5-10-6-13(17)14(18)7-15(10)19-8-11;;;/h8-13,20,22H,7H2,1-6H3;7-12,18,20-21H,6H2,1-5H3;7-12,18H,6H2,1-5H3;1-6,11,15-19H,7H2;1-4,6-7,11,16-18H,5,8H2;1-7,16-18H,8H2;;;/q;;;;;;;+1;-1. The van der Waals surface area contributed by atoms with Crippen molar-refractivity contribution in [1.29, 1.82) is 0 Å². The average molecular weight is 1710 g/mol. The monoisotopic (exact) mass is 1710 g/mol. The van der Waals surface area contributed by atoms with E-state index in [-0.39, 0.29) is 145 Å². The molecule has 653 valence electrons. The fraction of sp³-hybridized carbons (Fsp3) is 0.290. The number of rotatable bonds is 16. The van der Waals surface area contributed by atoms with Crippen molar-refractivity contribution in [2.24, 2.45) is 0 Å². The summed E-state index contributed by atoms with van der Waals surface area (Å²) in [5, 5.41) is 106. The molecule has 3 aliphatic heterocycles. The topological polar surface area (TPSA) is 294 Å². The predicted molar refractivity (Wildman–Crippen MR) is 497 cm³/mol. The summed E-state index contributed by atoms with van der Waals surface area (Å²) in [5.41, 5.74) is 27.0. The van der Waals surface area contributed by atoms with E-state index in [4.69, 9.17) is 18.9 Å². The van der Waals surface area contributed by atoms with Crippen LogP contribution in [0.4, 0.5) is 0 Å². The van der Waals surface area contributed by atoms with E-state index in [0.29, 0.717) is 41.6 Å². The minimum Gasteiger partial charge on any atom is -1.00 e. The number of esters is 1. The second-order valence-electron chi connectivity index (χ2n) is 32.9. The number of aryl methyl sites for hydroxylation is 12. The van der Waals surface area contributed by atoms with Crippen molar-refractivity contribution in [3.63, 3.8) is 0 Å². The zero-order valence-corrected chi connectivity index (χ0v) is 77.4. The number of ether oxygens (including phenoxy) is 4. The fourth-order valence-electron chi connectivity index (χ4n) is 15.9. The molecule has 17 nitrogen and oxygen atoms in total. The maximum absolute atomic E-state index is 12.9. The predicted octanol–water partition coefficient (Wildman–Crippen LogP) is 20.2. The van der Waals surface area contributed by atoms with Crippen LogP contribution in [0.2, 0.25) is 0 Å². The van der Waals surface area contributed by atoms with Crippen molar-refractivity contribution in [2.45, 2.75) is 184 Å². The fourth-order valence-corrected chi connectivity index (χ4v) is 15.9. The van der Waals surface area contributed by atoms with Crippen LogP contribution in [0.25, 0.3) is 11.6 Å². The van der Waals surface area contributed by atoms with Crippen molar-refractivity contribution < 1.29 is 116 Å². The summed E-state index contributed by atoms with van der Waals surface area (Å²) in [6.07, 6.45) is 3.73. The third kappa shape index (κ3) is 25.5. The molecule has 0 bridgehead atoms. The summed E-state index contributed by atoms with van der Waals surface area (Å²) in [5.74, 6) is 1.02. The Labute approximate surface area is 767 Å². The van der Waals surface area contributed by atoms with Crippen LogP contribution < -0.4 is 43.8 Å². The van der Waals surface area contributed by atoms with Gasteiger partial charge in [0.15, 0.2) is 40.3 Å². The number of carbonyl (C=O) groups excluding carboxylic acids is 2. The molecule has 19 heteroatoms. The Balaban J connectivity index is 0.000000208. The molecule has 126 heavy (non-hydrogen) atoms. The molecule has 3 heterocycles. The van der Waals surface area contributed by atoms with E-state index in [1.54, 1.807) is 60.7 Å². The number of carbonyl (C=O) groups is 2. The average Bonchev–Trinajstić information content (AvgIpc) is 0.784. The molecule has 0 aliphatic carbocycles. The largest absolute Gasteiger partial charge is 1.00 e. The molecule has 12 aromatic carbocycles. The van der Waals surface area contributed by atoms with Gasteiger partial charge in [-0.05, 0) is 281 Å². The van der Waals surface area contributed by atoms with Gasteiger partial charge in [0.2, 0.25) is 0 Å². The second-order valence-corrected chi connectivity index (χ2v) is 32.9. The van der Waals surface area contributed by atoms with Crippen LogP contribution in [0, 0.1) is 83.1 Å². The van der Waals surface area contributed by atoms with Crippen LogP contribution >= 0.6 is 0 Å². The number of phenolic OH excluding ortho intramolecular Hbond substituents is 9. The van der Waals surface area contributed by atoms with E-state index in [1.165, 1.54) is 116 Å². The summed E-state index contributed by atoms with van der Waals surface area (Å²) in [6.45, 7) is 34.1. The Morgan fingerprint density at radius 2 is 0.849 bits per heavy atom. The Morgan fingerprint density at radius 3 is 1.37 bits per heavy atom. The molecular formula is C107H119BNaO17. The van der Waals surface area contributed by atoms with Crippen LogP contribution in [-0.2, 0) is 16.0 Å². The second kappa shape index (κ2) is 45.3. The third-order valence-electron chi connectivity index (χ3n) is 23.7. The zero-order valence-electron chi connectivity index (χ0n) is 76.4. The number of aliphatic hydroxyl groups is 2. The van der Waals surface area contributed by atoms with Gasteiger partial charge < -0.3 is 76.5 Å². The van der Waals surface area contributed by atoms with Gasteiger partial charge in [-0.3, -0.25) is 9.59 Å². The number of Topliss-reactive ketones (excluding diaryl/α,β-unsaturated/α-hetero) is 1. The van der Waals surface area contributed by atoms with Gasteiger partial charge in [0, 0.05) is 79.8 Å². The van der Waals surface area contributed by atoms with E-state index in [9.17, 15) is 65.8 Å². The van der Waals surface area contributed by atoms with E-state index >= 15 is 0 Å². The first-order chi connectivity index (χ1) is 59.0. The van der Waals surface area contributed by atoms with Gasteiger partial charge in [0.1, 0.15) is 47.2 Å². The molecule has 15 rings (SSSR count). The molecule has 3 aliphatic rings. The smallest absolute Gasteiger partial charge is 1.00 e. The van der Waals surface area contributed by atoms with Crippen LogP contribution in [0.1, 0.15) is 235 Å². The number of phenols is 9. The molecule has 0 saturated carbocycles. The van der Waals surface area contributed by atoms with Gasteiger partial charge in [0.05, 0.1) is 25.4 Å². The Morgan fingerprint density at radius 1 is 0.429 bits per heavy atom. The molecule has 3 radical (unpaired) electrons. The van der Waals surface area contributed by atoms with Crippen LogP contribution in [0.5, 0.6) is 69.0 Å². The quantitative estimate of drug-likeness (QED) is 0.0185. The van der Waals surface area contributed by atoms with Crippen LogP contribution in [0.15, 0.2) is 218 Å². The Kier molecular flexibility index (Phi) is 35.8. The van der Waals surface area contributed by atoms with Gasteiger partial charge >= 0.3 is 35.5 Å². The van der Waals surface area contributed by atoms with Gasteiger partial charge in [-0.25, -0.2) is 0 Å². The van der Waals surface area contributed by atoms with Crippen LogP contribution in [-0.4, -0.2) is 96.2 Å². The van der Waals surface area contributed by atoms with Crippen molar-refractivity contribution in [3.05, 3.63) is 352 Å². The van der Waals surface area contributed by atoms with Gasteiger partial charge in [-0.15, -0.1) is 0 Å². The van der Waals surface area contributed by atoms with Crippen molar-refractivity contribution >= 4 is 31.8 Å². The Bertz CT molecular complexity index is 5720. The number of fused-ring (bicyclic) bond motifs is 3. The van der Waals surface area contributed by atoms with Crippen molar-refractivity contribution in [1.82, 2.24) is 0 Å². The molecule has 0 saturated heterocycles. The summed E-state index contributed by atoms with van der Waals surface area (Å²) in [7, 11) is 0. The summed E-state index contributed by atoms with van der Waals surface area (Å²) < 4.78 is 22.5. The van der Waals surface area contributed by atoms with E-state index in [0.717, 1.165) is 81.3 Å². The molecule has 0 fully saturated rings. The molecule has 0 spiro atoms. The van der Waals surface area contributed by atoms with E-state index < -0.39 is 12.2 Å². The molecule has 8 atom stereocenters. The third-order valence-corrected chi connectivity index (χ3v) is 23.7. The first-order valence-corrected chi connectivity index (χ1v) is 42.2. The zero-order chi connectivity index (χ0) is 90.1. The Hall–Kier alpha value is -11.9. The first kappa shape index (κ1) is 99.5. The van der Waals surface area contributed by atoms with E-state index in [1.807, 2.05) is 31.2 Å². The molecule has 12 aromatic rings. The minimum atomic E-state index is -0.852. The van der Waals surface area contributed by atoms with Crippen molar-refractivity contribution in [2.75, 3.05) is 19.8 Å². The maximum atomic E-state index is 12.9. The number of aromatic hydroxyl groups is 9. The number of aliphatic hydroxyl groups excluding tert-OH is 2. The minimum absolute atomic E-state index is 0. The van der Waals surface area contributed by atoms with Gasteiger partial charge in [-0.1, -0.05) is 177 Å². The molecule has 0 aromatic heterocycles. The molecule has 8 unspecified atom stereocenters. The van der Waals surface area contributed by atoms with Gasteiger partial charge in [0.25, 0.3) is 0 Å². The first-order valence-electron chi connectivity index (χ1n) is 42.2. The number of hydrogen-bond donors (Lipinski definition) is 11. The van der Waals surface area contributed by atoms with Gasteiger partial charge in [-0.2, -0.15) is 0 Å². The number of benzene rings is 12. The normalized spacial score (nSPS) is 14.9. The molecule has 0 amide bonds. The van der Waals surface area contributed by atoms with E-state index in [2.05, 4.69) is 200 Å². The van der Waals surface area contributed by atoms with Crippen LogP contribution in [0.3, 0.4) is 0 Å². The number of ketones is 1. The molecule has 11 N–H and O–H groups in total. The maximum Gasteiger partial charge on any atom is 1.00 e. The summed E-state index contributed by atoms with van der Waals surface area (Å²) in [4.78, 5) is 24.7. The summed E-state index contributed by atoms with van der Waals surface area (Å²) in [6, 6.07) is 67.1. The van der Waals surface area contributed by atoms with Crippen molar-refractivity contribution in [3.8, 4) is 69.0 Å². The SMILES string of the molecule is CCC(C(=O)c1cc(C)c(C)cc1C)c1ccc(C)cc1.CCC(c1ccc(C)cc1)C(O)c1cc(C)c(C)cc1C.CCC(c1ccc(C)cc1)C(OC(C)=O)c1cc(C)c(C)cc1C.Oc1ccc(C2=Cc3cc(O)c(O)cc3OC2)cc1.Oc1ccc(C2COc3cc(O)c(O)cc3C2)cc1.Oc1ccc(C2COc3cc(O)c(O)cc3C2O)cc1.[B].[H-].[Na+]. The summed E-state index contributed by atoms with van der Waals surface area (Å²) >= 11 is 0. The number of hydrogen-bond acceptors (Lipinski definition) is 17. The molecular weight excluding hydrogens is 1590 g/mol.